The molecule has 6 heteroatoms. The molecule has 1 aromatic rings. The van der Waals surface area contributed by atoms with Gasteiger partial charge in [0.25, 0.3) is 9.05 Å². The van der Waals surface area contributed by atoms with Gasteiger partial charge in [0.05, 0.1) is 16.0 Å². The molecule has 0 saturated heterocycles. The zero-order valence-electron chi connectivity index (χ0n) is 10.4. The van der Waals surface area contributed by atoms with Gasteiger partial charge in [-0.05, 0) is 59.8 Å². The molecule has 0 radical (unpaired) electrons. The summed E-state index contributed by atoms with van der Waals surface area (Å²) in [4.78, 5) is 0.0550. The van der Waals surface area contributed by atoms with Gasteiger partial charge in [-0.3, -0.25) is 0 Å². The summed E-state index contributed by atoms with van der Waals surface area (Å²) in [6, 6.07) is 4.47. The highest BCUT2D eigenvalue weighted by Crippen LogP contribution is 2.29. The average Bonchev–Trinajstić information content (AvgIpc) is 2.34. The van der Waals surface area contributed by atoms with Gasteiger partial charge in [-0.25, -0.2) is 8.42 Å². The molecule has 1 aromatic carbocycles. The zero-order chi connectivity index (χ0) is 14.3. The van der Waals surface area contributed by atoms with Crippen LogP contribution in [0.5, 0.6) is 5.75 Å². The molecule has 0 aliphatic heterocycles. The van der Waals surface area contributed by atoms with Gasteiger partial charge in [0.15, 0.2) is 0 Å². The van der Waals surface area contributed by atoms with Crippen LogP contribution in [0.3, 0.4) is 0 Å². The van der Waals surface area contributed by atoms with Crippen molar-refractivity contribution in [2.45, 2.75) is 30.6 Å². The fourth-order valence-corrected chi connectivity index (χ4v) is 2.92. The molecule has 0 aliphatic rings. The Labute approximate surface area is 127 Å². The third kappa shape index (κ3) is 5.97. The number of allylic oxidation sites excluding steroid dienone is 1. The molecule has 19 heavy (non-hydrogen) atoms. The van der Waals surface area contributed by atoms with Crippen LogP contribution in [0.15, 0.2) is 40.2 Å². The summed E-state index contributed by atoms with van der Waals surface area (Å²) in [6.45, 7) is 4.27. The van der Waals surface area contributed by atoms with E-state index in [2.05, 4.69) is 22.5 Å². The van der Waals surface area contributed by atoms with Crippen LogP contribution in [0.2, 0.25) is 0 Å². The van der Waals surface area contributed by atoms with E-state index >= 15 is 0 Å². The number of hydrogen-bond donors (Lipinski definition) is 0. The average molecular weight is 368 g/mol. The largest absolute Gasteiger partial charge is 0.492 e. The predicted molar refractivity (Wildman–Crippen MR) is 81.3 cm³/mol. The number of unbranched alkanes of at least 4 members (excludes halogenated alkanes) is 3. The molecule has 1 rings (SSSR count). The topological polar surface area (TPSA) is 43.4 Å². The van der Waals surface area contributed by atoms with E-state index < -0.39 is 9.05 Å². The third-order valence-electron chi connectivity index (χ3n) is 2.50. The SMILES string of the molecule is C=CCCCCCOc1ccc(S(=O)(=O)Cl)cc1Br. The quantitative estimate of drug-likeness (QED) is 0.386. The monoisotopic (exact) mass is 366 g/mol. The second-order valence-electron chi connectivity index (χ2n) is 4.02. The standard InChI is InChI=1S/C13H16BrClO3S/c1-2-3-4-5-6-9-18-13-8-7-11(10-12(13)14)19(15,16)17/h2,7-8,10H,1,3-6,9H2. The summed E-state index contributed by atoms with van der Waals surface area (Å²) >= 11 is 3.27. The zero-order valence-corrected chi connectivity index (χ0v) is 13.6. The molecule has 0 N–H and O–H groups in total. The van der Waals surface area contributed by atoms with Crippen molar-refractivity contribution in [3.05, 3.63) is 35.3 Å². The van der Waals surface area contributed by atoms with E-state index in [9.17, 15) is 8.42 Å². The minimum Gasteiger partial charge on any atom is -0.492 e. The Bertz CT molecular complexity index is 529. The second kappa shape index (κ2) is 7.92. The van der Waals surface area contributed by atoms with Gasteiger partial charge in [-0.15, -0.1) is 6.58 Å². The molecule has 0 heterocycles. The van der Waals surface area contributed by atoms with Crippen molar-refractivity contribution in [1.82, 2.24) is 0 Å². The van der Waals surface area contributed by atoms with Crippen LogP contribution in [0.25, 0.3) is 0 Å². The van der Waals surface area contributed by atoms with Crippen LogP contribution in [0, 0.1) is 0 Å². The Morgan fingerprint density at radius 3 is 2.63 bits per heavy atom. The van der Waals surface area contributed by atoms with Gasteiger partial charge >= 0.3 is 0 Å². The van der Waals surface area contributed by atoms with Crippen molar-refractivity contribution in [3.8, 4) is 5.75 Å². The summed E-state index contributed by atoms with van der Waals surface area (Å²) in [5.41, 5.74) is 0. The first kappa shape index (κ1) is 16.5. The maximum atomic E-state index is 11.2. The third-order valence-corrected chi connectivity index (χ3v) is 4.47. The Balaban J connectivity index is 2.49. The summed E-state index contributed by atoms with van der Waals surface area (Å²) in [5.74, 6) is 0.618. The van der Waals surface area contributed by atoms with E-state index in [4.69, 9.17) is 15.4 Å². The highest BCUT2D eigenvalue weighted by molar-refractivity contribution is 9.10. The minimum atomic E-state index is -3.70. The summed E-state index contributed by atoms with van der Waals surface area (Å²) in [7, 11) is 1.56. The lowest BCUT2D eigenvalue weighted by molar-refractivity contribution is 0.303. The van der Waals surface area contributed by atoms with Gasteiger partial charge in [-0.2, -0.15) is 0 Å². The van der Waals surface area contributed by atoms with Crippen molar-refractivity contribution in [1.29, 1.82) is 0 Å². The molecule has 0 unspecified atom stereocenters. The van der Waals surface area contributed by atoms with E-state index in [1.165, 1.54) is 12.1 Å². The lowest BCUT2D eigenvalue weighted by Gasteiger charge is -2.08. The van der Waals surface area contributed by atoms with Crippen molar-refractivity contribution < 1.29 is 13.2 Å². The van der Waals surface area contributed by atoms with E-state index in [1.807, 2.05) is 6.08 Å². The van der Waals surface area contributed by atoms with Gasteiger partial charge in [-0.1, -0.05) is 6.08 Å². The smallest absolute Gasteiger partial charge is 0.261 e. The van der Waals surface area contributed by atoms with Gasteiger partial charge in [0, 0.05) is 10.7 Å². The maximum absolute atomic E-state index is 11.2. The fraction of sp³-hybridized carbons (Fsp3) is 0.385. The Hall–Kier alpha value is -0.520. The first-order valence-electron chi connectivity index (χ1n) is 5.93. The molecular formula is C13H16BrClO3S. The summed E-state index contributed by atoms with van der Waals surface area (Å²) < 4.78 is 28.5. The van der Waals surface area contributed by atoms with Crippen LogP contribution in [-0.4, -0.2) is 15.0 Å². The van der Waals surface area contributed by atoms with Gasteiger partial charge < -0.3 is 4.74 Å². The molecule has 0 aliphatic carbocycles. The normalized spacial score (nSPS) is 11.3. The Morgan fingerprint density at radius 2 is 2.05 bits per heavy atom. The van der Waals surface area contributed by atoms with Crippen LogP contribution in [0.1, 0.15) is 25.7 Å². The van der Waals surface area contributed by atoms with Crippen molar-refractivity contribution in [2.24, 2.45) is 0 Å². The summed E-state index contributed by atoms with van der Waals surface area (Å²) in [6.07, 6.45) is 6.07. The van der Waals surface area contributed by atoms with E-state index in [0.29, 0.717) is 16.8 Å². The molecule has 0 spiro atoms. The molecule has 0 fully saturated rings. The molecule has 0 amide bonds. The summed E-state index contributed by atoms with van der Waals surface area (Å²) in [5, 5.41) is 0. The highest BCUT2D eigenvalue weighted by atomic mass is 79.9. The first-order chi connectivity index (χ1) is 8.95. The number of hydrogen-bond acceptors (Lipinski definition) is 3. The lowest BCUT2D eigenvalue weighted by Crippen LogP contribution is -1.99. The number of rotatable bonds is 8. The fourth-order valence-electron chi connectivity index (χ4n) is 1.50. The van der Waals surface area contributed by atoms with Crippen molar-refractivity contribution >= 4 is 35.7 Å². The second-order valence-corrected chi connectivity index (χ2v) is 7.44. The van der Waals surface area contributed by atoms with Crippen LogP contribution < -0.4 is 4.74 Å². The predicted octanol–water partition coefficient (Wildman–Crippen LogP) is 4.50. The first-order valence-corrected chi connectivity index (χ1v) is 9.03. The van der Waals surface area contributed by atoms with E-state index in [-0.39, 0.29) is 4.90 Å². The van der Waals surface area contributed by atoms with E-state index in [1.54, 1.807) is 6.07 Å². The number of benzene rings is 1. The van der Waals surface area contributed by atoms with Crippen LogP contribution >= 0.6 is 26.6 Å². The van der Waals surface area contributed by atoms with Crippen molar-refractivity contribution in [2.75, 3.05) is 6.61 Å². The Kier molecular flexibility index (Phi) is 6.89. The minimum absolute atomic E-state index is 0.0550. The highest BCUT2D eigenvalue weighted by Gasteiger charge is 2.12. The van der Waals surface area contributed by atoms with Gasteiger partial charge in [0.2, 0.25) is 0 Å². The molecule has 0 aromatic heterocycles. The van der Waals surface area contributed by atoms with Crippen LogP contribution in [-0.2, 0) is 9.05 Å². The Morgan fingerprint density at radius 1 is 1.32 bits per heavy atom. The maximum Gasteiger partial charge on any atom is 0.261 e. The van der Waals surface area contributed by atoms with Crippen LogP contribution in [0.4, 0.5) is 0 Å². The van der Waals surface area contributed by atoms with Crippen molar-refractivity contribution in [3.63, 3.8) is 0 Å². The molecule has 0 saturated carbocycles. The number of halogens is 2. The molecular weight excluding hydrogens is 352 g/mol. The number of ether oxygens (including phenoxy) is 1. The molecule has 106 valence electrons. The molecule has 0 bridgehead atoms. The lowest BCUT2D eigenvalue weighted by atomic mass is 10.2. The van der Waals surface area contributed by atoms with E-state index in [0.717, 1.165) is 25.7 Å². The molecule has 0 atom stereocenters. The molecule has 3 nitrogen and oxygen atoms in total. The van der Waals surface area contributed by atoms with Gasteiger partial charge in [0.1, 0.15) is 5.75 Å².